The summed E-state index contributed by atoms with van der Waals surface area (Å²) in [4.78, 5) is 22.4. The van der Waals surface area contributed by atoms with Crippen molar-refractivity contribution in [2.45, 2.75) is 13.8 Å². The molecule has 0 unspecified atom stereocenters. The van der Waals surface area contributed by atoms with Crippen LogP contribution in [-0.4, -0.2) is 20.6 Å². The summed E-state index contributed by atoms with van der Waals surface area (Å²) in [5.41, 5.74) is 2.05. The summed E-state index contributed by atoms with van der Waals surface area (Å²) in [6, 6.07) is 6.24. The third-order valence-electron chi connectivity index (χ3n) is 3.31. The molecule has 0 aliphatic carbocycles. The Hall–Kier alpha value is -2.96. The molecule has 0 saturated heterocycles. The molecule has 0 fully saturated rings. The molecule has 0 aliphatic rings. The maximum atomic E-state index is 12.0. The Morgan fingerprint density at radius 1 is 1.36 bits per heavy atom. The number of carbonyl (C=O) groups excluding carboxylic acids is 1. The van der Waals surface area contributed by atoms with Crippen molar-refractivity contribution in [2.75, 3.05) is 5.32 Å². The van der Waals surface area contributed by atoms with Gasteiger partial charge < -0.3 is 5.32 Å². The van der Waals surface area contributed by atoms with Crippen molar-refractivity contribution >= 4 is 23.5 Å². The van der Waals surface area contributed by atoms with Crippen LogP contribution >= 0.6 is 0 Å². The molecule has 0 radical (unpaired) electrons. The summed E-state index contributed by atoms with van der Waals surface area (Å²) < 4.78 is 1.58. The number of aromatic nitrogens is 2. The van der Waals surface area contributed by atoms with E-state index in [9.17, 15) is 14.9 Å². The number of nitro groups is 1. The lowest BCUT2D eigenvalue weighted by molar-refractivity contribution is -0.385. The zero-order valence-corrected chi connectivity index (χ0v) is 12.5. The van der Waals surface area contributed by atoms with E-state index in [1.807, 2.05) is 13.8 Å². The molecule has 2 aromatic rings. The highest BCUT2D eigenvalue weighted by Crippen LogP contribution is 2.20. The Balaban J connectivity index is 2.17. The fourth-order valence-electron chi connectivity index (χ4n) is 2.06. The lowest BCUT2D eigenvalue weighted by atomic mass is 10.1. The summed E-state index contributed by atoms with van der Waals surface area (Å²) in [5, 5.41) is 17.8. The number of para-hydroxylation sites is 1. The fourth-order valence-corrected chi connectivity index (χ4v) is 2.06. The van der Waals surface area contributed by atoms with Crippen molar-refractivity contribution in [3.05, 3.63) is 57.3 Å². The number of nitrogens with one attached hydrogen (secondary N) is 1. The van der Waals surface area contributed by atoms with Gasteiger partial charge in [0.05, 0.1) is 16.2 Å². The number of rotatable bonds is 4. The van der Waals surface area contributed by atoms with Crippen LogP contribution in [0.3, 0.4) is 0 Å². The number of hydrogen-bond acceptors (Lipinski definition) is 4. The quantitative estimate of drug-likeness (QED) is 0.534. The Morgan fingerprint density at radius 3 is 2.64 bits per heavy atom. The second-order valence-electron chi connectivity index (χ2n) is 4.82. The van der Waals surface area contributed by atoms with Crippen molar-refractivity contribution < 1.29 is 9.72 Å². The van der Waals surface area contributed by atoms with Crippen LogP contribution < -0.4 is 5.32 Å². The van der Waals surface area contributed by atoms with Crippen molar-refractivity contribution in [3.8, 4) is 0 Å². The first kappa shape index (κ1) is 15.4. The van der Waals surface area contributed by atoms with Crippen molar-refractivity contribution in [3.63, 3.8) is 0 Å². The minimum Gasteiger partial charge on any atom is -0.307 e. The van der Waals surface area contributed by atoms with E-state index in [-0.39, 0.29) is 11.6 Å². The summed E-state index contributed by atoms with van der Waals surface area (Å²) in [6.45, 7) is 3.72. The van der Waals surface area contributed by atoms with Gasteiger partial charge in [0, 0.05) is 24.8 Å². The smallest absolute Gasteiger partial charge is 0.276 e. The van der Waals surface area contributed by atoms with E-state index < -0.39 is 4.92 Å². The standard InChI is InChI=1S/C15H16N4O3/c1-10-11(2)17-18(3)15(10)16-14(20)9-8-12-6-4-5-7-13(12)19(21)22/h4-9H,1-3H3,(H,16,20). The zero-order valence-electron chi connectivity index (χ0n) is 12.5. The van der Waals surface area contributed by atoms with Gasteiger partial charge in [-0.2, -0.15) is 5.10 Å². The topological polar surface area (TPSA) is 90.1 Å². The molecule has 1 aromatic heterocycles. The van der Waals surface area contributed by atoms with Crippen molar-refractivity contribution in [1.29, 1.82) is 0 Å². The second-order valence-corrected chi connectivity index (χ2v) is 4.82. The Bertz CT molecular complexity index is 762. The molecule has 0 saturated carbocycles. The first-order valence-corrected chi connectivity index (χ1v) is 6.63. The predicted molar refractivity (Wildman–Crippen MR) is 83.4 cm³/mol. The third-order valence-corrected chi connectivity index (χ3v) is 3.31. The summed E-state index contributed by atoms with van der Waals surface area (Å²) in [5.74, 6) is 0.235. The van der Waals surface area contributed by atoms with Crippen LogP contribution in [0.4, 0.5) is 11.5 Å². The average molecular weight is 300 g/mol. The predicted octanol–water partition coefficient (Wildman–Crippen LogP) is 2.60. The Labute approximate surface area is 127 Å². The number of nitrogens with zero attached hydrogens (tertiary/aromatic N) is 3. The summed E-state index contributed by atoms with van der Waals surface area (Å²) in [7, 11) is 1.74. The first-order valence-electron chi connectivity index (χ1n) is 6.63. The highest BCUT2D eigenvalue weighted by atomic mass is 16.6. The van der Waals surface area contributed by atoms with Crippen molar-refractivity contribution in [1.82, 2.24) is 9.78 Å². The third kappa shape index (κ3) is 3.20. The van der Waals surface area contributed by atoms with Crippen LogP contribution in [0.1, 0.15) is 16.8 Å². The van der Waals surface area contributed by atoms with Crippen LogP contribution in [0.2, 0.25) is 0 Å². The molecule has 1 aromatic carbocycles. The van der Waals surface area contributed by atoms with E-state index in [0.29, 0.717) is 11.4 Å². The molecule has 7 nitrogen and oxygen atoms in total. The second kappa shape index (κ2) is 6.21. The SMILES string of the molecule is Cc1nn(C)c(NC(=O)C=Cc2ccccc2[N+](=O)[O-])c1C. The van der Waals surface area contributed by atoms with Gasteiger partial charge in [0.2, 0.25) is 5.91 Å². The number of amides is 1. The number of aryl methyl sites for hydroxylation is 2. The van der Waals surface area contributed by atoms with Gasteiger partial charge in [-0.05, 0) is 26.0 Å². The van der Waals surface area contributed by atoms with Crippen LogP contribution in [0.5, 0.6) is 0 Å². The molecule has 1 amide bonds. The molecule has 1 N–H and O–H groups in total. The highest BCUT2D eigenvalue weighted by molar-refractivity contribution is 6.02. The van der Waals surface area contributed by atoms with Crippen LogP contribution in [0.25, 0.3) is 6.08 Å². The van der Waals surface area contributed by atoms with E-state index in [2.05, 4.69) is 10.4 Å². The van der Waals surface area contributed by atoms with Gasteiger partial charge >= 0.3 is 0 Å². The molecule has 114 valence electrons. The molecule has 2 rings (SSSR count). The Morgan fingerprint density at radius 2 is 2.05 bits per heavy atom. The number of nitro benzene ring substituents is 1. The van der Waals surface area contributed by atoms with Gasteiger partial charge in [-0.1, -0.05) is 12.1 Å². The van der Waals surface area contributed by atoms with E-state index in [1.54, 1.807) is 29.9 Å². The molecular formula is C15H16N4O3. The highest BCUT2D eigenvalue weighted by Gasteiger charge is 2.12. The largest absolute Gasteiger partial charge is 0.307 e. The number of carbonyl (C=O) groups is 1. The Kier molecular flexibility index (Phi) is 4.36. The van der Waals surface area contributed by atoms with Gasteiger partial charge in [0.15, 0.2) is 0 Å². The molecule has 7 heteroatoms. The molecule has 1 heterocycles. The van der Waals surface area contributed by atoms with Crippen LogP contribution in [0.15, 0.2) is 30.3 Å². The first-order chi connectivity index (χ1) is 10.4. The summed E-state index contributed by atoms with van der Waals surface area (Å²) >= 11 is 0. The molecule has 22 heavy (non-hydrogen) atoms. The van der Waals surface area contributed by atoms with Gasteiger partial charge in [-0.15, -0.1) is 0 Å². The molecule has 0 bridgehead atoms. The molecular weight excluding hydrogens is 284 g/mol. The zero-order chi connectivity index (χ0) is 16.3. The van der Waals surface area contributed by atoms with Crippen molar-refractivity contribution in [2.24, 2.45) is 7.05 Å². The van der Waals surface area contributed by atoms with E-state index >= 15 is 0 Å². The van der Waals surface area contributed by atoms with E-state index in [4.69, 9.17) is 0 Å². The number of benzene rings is 1. The number of anilines is 1. The fraction of sp³-hybridized carbons (Fsp3) is 0.200. The monoisotopic (exact) mass is 300 g/mol. The molecule has 0 spiro atoms. The normalized spacial score (nSPS) is 10.9. The van der Waals surface area contributed by atoms with E-state index in [0.717, 1.165) is 11.3 Å². The lowest BCUT2D eigenvalue weighted by Gasteiger charge is -2.04. The van der Waals surface area contributed by atoms with E-state index in [1.165, 1.54) is 18.2 Å². The molecule has 0 atom stereocenters. The van der Waals surface area contributed by atoms with Gasteiger partial charge in [-0.3, -0.25) is 19.6 Å². The van der Waals surface area contributed by atoms with Gasteiger partial charge in [0.25, 0.3) is 5.69 Å². The average Bonchev–Trinajstić information content (AvgIpc) is 2.72. The minimum atomic E-state index is -0.480. The lowest BCUT2D eigenvalue weighted by Crippen LogP contribution is -2.12. The molecule has 0 aliphatic heterocycles. The summed E-state index contributed by atoms with van der Waals surface area (Å²) in [6.07, 6.45) is 2.69. The van der Waals surface area contributed by atoms with Crippen LogP contribution in [-0.2, 0) is 11.8 Å². The van der Waals surface area contributed by atoms with Gasteiger partial charge in [0.1, 0.15) is 5.82 Å². The maximum absolute atomic E-state index is 12.0. The minimum absolute atomic E-state index is 0.0425. The van der Waals surface area contributed by atoms with Crippen LogP contribution in [0, 0.1) is 24.0 Å². The van der Waals surface area contributed by atoms with Gasteiger partial charge in [-0.25, -0.2) is 0 Å². The maximum Gasteiger partial charge on any atom is 0.276 e. The number of hydrogen-bond donors (Lipinski definition) is 1.